The predicted octanol–water partition coefficient (Wildman–Crippen LogP) is 1.27. The van der Waals surface area contributed by atoms with Gasteiger partial charge in [-0.25, -0.2) is 4.79 Å². The number of ether oxygens (including phenoxy) is 1. The Morgan fingerprint density at radius 3 is 2.73 bits per heavy atom. The number of rotatable bonds is 7. The standard InChI is InChI=1S/C15H19NO5S/c1-2-21-15(20)13-9-5-3-6-10(9)22-14(13)16-11(17)7-4-8-12(18)19/h2-8H2,1H3,(H,16,17)(H,18,19)/p-1. The lowest BCUT2D eigenvalue weighted by atomic mass is 10.1. The smallest absolute Gasteiger partial charge is 0.341 e. The molecule has 1 amide bonds. The lowest BCUT2D eigenvalue weighted by Gasteiger charge is -2.08. The van der Waals surface area contributed by atoms with Crippen molar-refractivity contribution in [2.45, 2.75) is 45.4 Å². The number of thiophene rings is 1. The van der Waals surface area contributed by atoms with Crippen LogP contribution in [0.1, 0.15) is 53.4 Å². The fraction of sp³-hybridized carbons (Fsp3) is 0.533. The number of aryl methyl sites for hydroxylation is 1. The lowest BCUT2D eigenvalue weighted by Crippen LogP contribution is -2.22. The molecule has 1 aromatic rings. The predicted molar refractivity (Wildman–Crippen MR) is 79.8 cm³/mol. The molecule has 0 saturated heterocycles. The van der Waals surface area contributed by atoms with Gasteiger partial charge in [0.05, 0.1) is 12.2 Å². The molecule has 0 saturated carbocycles. The van der Waals surface area contributed by atoms with Gasteiger partial charge in [0.25, 0.3) is 0 Å². The molecule has 0 spiro atoms. The summed E-state index contributed by atoms with van der Waals surface area (Å²) in [6, 6.07) is 0. The number of fused-ring (bicyclic) bond motifs is 1. The van der Waals surface area contributed by atoms with E-state index in [-0.39, 0.29) is 31.8 Å². The Hall–Kier alpha value is -1.89. The van der Waals surface area contributed by atoms with Crippen LogP contribution < -0.4 is 10.4 Å². The van der Waals surface area contributed by atoms with E-state index in [2.05, 4.69) is 5.32 Å². The van der Waals surface area contributed by atoms with Crippen LogP contribution in [0.3, 0.4) is 0 Å². The van der Waals surface area contributed by atoms with Crippen LogP contribution in [-0.2, 0) is 27.2 Å². The first-order valence-electron chi connectivity index (χ1n) is 7.34. The molecular weight excluding hydrogens is 306 g/mol. The van der Waals surface area contributed by atoms with Crippen LogP contribution in [0, 0.1) is 0 Å². The van der Waals surface area contributed by atoms with E-state index < -0.39 is 11.9 Å². The van der Waals surface area contributed by atoms with Crippen LogP contribution in [0.5, 0.6) is 0 Å². The van der Waals surface area contributed by atoms with Gasteiger partial charge in [-0.3, -0.25) is 4.79 Å². The van der Waals surface area contributed by atoms with Crippen molar-refractivity contribution in [1.29, 1.82) is 0 Å². The summed E-state index contributed by atoms with van der Waals surface area (Å²) in [5, 5.41) is 13.6. The summed E-state index contributed by atoms with van der Waals surface area (Å²) in [7, 11) is 0. The molecule has 0 radical (unpaired) electrons. The highest BCUT2D eigenvalue weighted by Gasteiger charge is 2.28. The lowest BCUT2D eigenvalue weighted by molar-refractivity contribution is -0.305. The SMILES string of the molecule is CCOC(=O)c1c(NC(=O)CCCC(=O)[O-])sc2c1CCC2. The molecule has 0 aromatic carbocycles. The number of carbonyl (C=O) groups is 3. The first kappa shape index (κ1) is 16.5. The number of nitrogens with one attached hydrogen (secondary N) is 1. The first-order chi connectivity index (χ1) is 10.5. The molecule has 7 heteroatoms. The second kappa shape index (κ2) is 7.40. The second-order valence-electron chi connectivity index (χ2n) is 5.06. The number of aliphatic carboxylic acids is 1. The van der Waals surface area contributed by atoms with Crippen molar-refractivity contribution >= 4 is 34.2 Å². The van der Waals surface area contributed by atoms with E-state index in [0.717, 1.165) is 29.7 Å². The Kier molecular flexibility index (Phi) is 5.54. The number of carboxylic acids is 1. The number of hydrogen-bond donors (Lipinski definition) is 1. The van der Waals surface area contributed by atoms with Gasteiger partial charge in [0, 0.05) is 17.3 Å². The molecule has 120 valence electrons. The highest BCUT2D eigenvalue weighted by molar-refractivity contribution is 7.17. The van der Waals surface area contributed by atoms with E-state index in [1.807, 2.05) is 0 Å². The molecule has 0 bridgehead atoms. The van der Waals surface area contributed by atoms with Crippen molar-refractivity contribution in [3.05, 3.63) is 16.0 Å². The van der Waals surface area contributed by atoms with Gasteiger partial charge in [0.1, 0.15) is 5.00 Å². The maximum Gasteiger partial charge on any atom is 0.341 e. The maximum absolute atomic E-state index is 12.1. The number of carbonyl (C=O) groups excluding carboxylic acids is 3. The molecule has 22 heavy (non-hydrogen) atoms. The number of esters is 1. The van der Waals surface area contributed by atoms with Gasteiger partial charge in [0.2, 0.25) is 5.91 Å². The maximum atomic E-state index is 12.1. The van der Waals surface area contributed by atoms with Gasteiger partial charge in [0.15, 0.2) is 0 Å². The average Bonchev–Trinajstić information content (AvgIpc) is 2.98. The van der Waals surface area contributed by atoms with Gasteiger partial charge in [-0.15, -0.1) is 11.3 Å². The number of anilines is 1. The van der Waals surface area contributed by atoms with Crippen LogP contribution in [0.15, 0.2) is 0 Å². The fourth-order valence-corrected chi connectivity index (χ4v) is 3.79. The Morgan fingerprint density at radius 1 is 1.27 bits per heavy atom. The van der Waals surface area contributed by atoms with Gasteiger partial charge >= 0.3 is 5.97 Å². The second-order valence-corrected chi connectivity index (χ2v) is 6.16. The van der Waals surface area contributed by atoms with E-state index in [9.17, 15) is 19.5 Å². The number of amides is 1. The summed E-state index contributed by atoms with van der Waals surface area (Å²) in [4.78, 5) is 35.5. The van der Waals surface area contributed by atoms with E-state index in [4.69, 9.17) is 4.74 Å². The minimum absolute atomic E-state index is 0.0822. The van der Waals surface area contributed by atoms with Crippen molar-refractivity contribution in [2.75, 3.05) is 11.9 Å². The van der Waals surface area contributed by atoms with Crippen molar-refractivity contribution < 1.29 is 24.2 Å². The normalized spacial score (nSPS) is 12.8. The van der Waals surface area contributed by atoms with Gasteiger partial charge in [-0.2, -0.15) is 0 Å². The van der Waals surface area contributed by atoms with E-state index in [1.54, 1.807) is 6.92 Å². The molecule has 2 rings (SSSR count). The van der Waals surface area contributed by atoms with Gasteiger partial charge < -0.3 is 20.0 Å². The molecule has 1 heterocycles. The third-order valence-electron chi connectivity index (χ3n) is 3.44. The monoisotopic (exact) mass is 324 g/mol. The summed E-state index contributed by atoms with van der Waals surface area (Å²) in [5.74, 6) is -1.88. The Labute approximate surface area is 132 Å². The zero-order valence-electron chi connectivity index (χ0n) is 12.4. The number of hydrogen-bond acceptors (Lipinski definition) is 6. The molecule has 1 aromatic heterocycles. The highest BCUT2D eigenvalue weighted by Crippen LogP contribution is 2.39. The van der Waals surface area contributed by atoms with Crippen molar-refractivity contribution in [3.8, 4) is 0 Å². The summed E-state index contributed by atoms with van der Waals surface area (Å²) in [6.07, 6.45) is 2.88. The summed E-state index contributed by atoms with van der Waals surface area (Å²) < 4.78 is 5.08. The minimum atomic E-state index is -1.17. The van der Waals surface area contributed by atoms with Crippen LogP contribution >= 0.6 is 11.3 Å². The summed E-state index contributed by atoms with van der Waals surface area (Å²) in [5.41, 5.74) is 1.45. The molecule has 0 atom stereocenters. The molecule has 0 aliphatic heterocycles. The zero-order valence-corrected chi connectivity index (χ0v) is 13.2. The Bertz CT molecular complexity index is 593. The number of carboxylic acid groups (broad SMARTS) is 1. The quantitative estimate of drug-likeness (QED) is 0.762. The van der Waals surface area contributed by atoms with Gasteiger partial charge in [-0.1, -0.05) is 0 Å². The first-order valence-corrected chi connectivity index (χ1v) is 8.16. The molecule has 6 nitrogen and oxygen atoms in total. The van der Waals surface area contributed by atoms with Crippen LogP contribution in [0.4, 0.5) is 5.00 Å². The van der Waals surface area contributed by atoms with Crippen molar-refractivity contribution in [3.63, 3.8) is 0 Å². The highest BCUT2D eigenvalue weighted by atomic mass is 32.1. The largest absolute Gasteiger partial charge is 0.550 e. The average molecular weight is 324 g/mol. The molecule has 0 fully saturated rings. The van der Waals surface area contributed by atoms with Gasteiger partial charge in [-0.05, 0) is 44.6 Å². The van der Waals surface area contributed by atoms with E-state index in [1.165, 1.54) is 11.3 Å². The fourth-order valence-electron chi connectivity index (χ4n) is 2.49. The molecule has 1 aliphatic carbocycles. The van der Waals surface area contributed by atoms with E-state index >= 15 is 0 Å². The molecule has 1 aliphatic rings. The van der Waals surface area contributed by atoms with Crippen molar-refractivity contribution in [1.82, 2.24) is 0 Å². The Morgan fingerprint density at radius 2 is 2.05 bits per heavy atom. The van der Waals surface area contributed by atoms with E-state index in [0.29, 0.717) is 10.6 Å². The summed E-state index contributed by atoms with van der Waals surface area (Å²) in [6.45, 7) is 2.02. The third-order valence-corrected chi connectivity index (χ3v) is 4.65. The molecular formula is C15H18NO5S-. The topological polar surface area (TPSA) is 95.5 Å². The Balaban J connectivity index is 2.08. The summed E-state index contributed by atoms with van der Waals surface area (Å²) >= 11 is 1.41. The minimum Gasteiger partial charge on any atom is -0.550 e. The molecule has 1 N–H and O–H groups in total. The third kappa shape index (κ3) is 3.85. The molecule has 0 unspecified atom stereocenters. The zero-order chi connectivity index (χ0) is 16.1. The van der Waals surface area contributed by atoms with Crippen LogP contribution in [0.25, 0.3) is 0 Å². The van der Waals surface area contributed by atoms with Crippen LogP contribution in [-0.4, -0.2) is 24.5 Å². The van der Waals surface area contributed by atoms with Crippen LogP contribution in [0.2, 0.25) is 0 Å². The van der Waals surface area contributed by atoms with Crippen molar-refractivity contribution in [2.24, 2.45) is 0 Å².